The van der Waals surface area contributed by atoms with Crippen molar-refractivity contribution in [3.05, 3.63) is 0 Å². The van der Waals surface area contributed by atoms with E-state index in [-0.39, 0.29) is 5.41 Å². The molecule has 3 heteroatoms. The summed E-state index contributed by atoms with van der Waals surface area (Å²) in [5, 5.41) is 0. The van der Waals surface area contributed by atoms with Crippen molar-refractivity contribution in [1.82, 2.24) is 4.90 Å². The molecule has 0 heterocycles. The lowest BCUT2D eigenvalue weighted by Gasteiger charge is -2.30. The van der Waals surface area contributed by atoms with Gasteiger partial charge in [0.2, 0.25) is 0 Å². The lowest BCUT2D eigenvalue weighted by Crippen LogP contribution is -2.40. The molecule has 0 bridgehead atoms. The number of likely N-dealkylation sites (N-methyl/N-ethyl adjacent to an activating group) is 1. The third kappa shape index (κ3) is 6.02. The minimum Gasteiger partial charge on any atom is -0.383 e. The highest BCUT2D eigenvalue weighted by molar-refractivity contribution is 4.74. The van der Waals surface area contributed by atoms with Crippen LogP contribution in [0.2, 0.25) is 0 Å². The van der Waals surface area contributed by atoms with Gasteiger partial charge in [0.15, 0.2) is 0 Å². The van der Waals surface area contributed by atoms with Gasteiger partial charge >= 0.3 is 0 Å². The molecule has 3 nitrogen and oxygen atoms in total. The zero-order chi connectivity index (χ0) is 10.3. The highest BCUT2D eigenvalue weighted by atomic mass is 16.5. The Hall–Kier alpha value is -0.120. The van der Waals surface area contributed by atoms with Crippen LogP contribution in [0.25, 0.3) is 0 Å². The Bertz CT molecular complexity index is 126. The van der Waals surface area contributed by atoms with E-state index in [4.69, 9.17) is 10.5 Å². The summed E-state index contributed by atoms with van der Waals surface area (Å²) in [6.07, 6.45) is 0. The quantitative estimate of drug-likeness (QED) is 0.646. The molecule has 0 aliphatic heterocycles. The topological polar surface area (TPSA) is 38.5 Å². The zero-order valence-electron chi connectivity index (χ0n) is 9.47. The van der Waals surface area contributed by atoms with Crippen LogP contribution < -0.4 is 5.73 Å². The van der Waals surface area contributed by atoms with Gasteiger partial charge in [0.1, 0.15) is 0 Å². The van der Waals surface area contributed by atoms with Gasteiger partial charge in [0.25, 0.3) is 0 Å². The maximum atomic E-state index is 5.68. The monoisotopic (exact) mass is 188 g/mol. The Labute approximate surface area is 82.2 Å². The molecular formula is C10H24N2O. The fourth-order valence-electron chi connectivity index (χ4n) is 1.24. The van der Waals surface area contributed by atoms with Crippen molar-refractivity contribution in [2.24, 2.45) is 11.1 Å². The molecule has 0 spiro atoms. The molecule has 0 amide bonds. The van der Waals surface area contributed by atoms with Gasteiger partial charge in [-0.3, -0.25) is 0 Å². The van der Waals surface area contributed by atoms with Gasteiger partial charge in [0, 0.05) is 20.2 Å². The van der Waals surface area contributed by atoms with E-state index >= 15 is 0 Å². The first-order valence-electron chi connectivity index (χ1n) is 4.97. The second kappa shape index (κ2) is 6.35. The van der Waals surface area contributed by atoms with Crippen molar-refractivity contribution >= 4 is 0 Å². The van der Waals surface area contributed by atoms with E-state index in [9.17, 15) is 0 Å². The molecule has 0 aromatic rings. The Balaban J connectivity index is 3.82. The summed E-state index contributed by atoms with van der Waals surface area (Å²) in [7, 11) is 1.74. The molecule has 0 aromatic heterocycles. The number of rotatable bonds is 7. The van der Waals surface area contributed by atoms with Crippen molar-refractivity contribution in [2.75, 3.05) is 39.9 Å². The number of nitrogens with zero attached hydrogens (tertiary/aromatic N) is 1. The predicted molar refractivity (Wildman–Crippen MR) is 56.8 cm³/mol. The minimum absolute atomic E-state index is 0.212. The Morgan fingerprint density at radius 3 is 2.38 bits per heavy atom. The van der Waals surface area contributed by atoms with Crippen LogP contribution >= 0.6 is 0 Å². The predicted octanol–water partition coefficient (Wildman–Crippen LogP) is 0.940. The normalized spacial score (nSPS) is 12.5. The van der Waals surface area contributed by atoms with Crippen LogP contribution in [0.1, 0.15) is 20.8 Å². The van der Waals surface area contributed by atoms with E-state index in [0.717, 1.165) is 32.8 Å². The van der Waals surface area contributed by atoms with Crippen LogP contribution in [0.5, 0.6) is 0 Å². The van der Waals surface area contributed by atoms with Gasteiger partial charge in [-0.2, -0.15) is 0 Å². The maximum Gasteiger partial charge on any atom is 0.0589 e. The number of ether oxygens (including phenoxy) is 1. The molecule has 0 atom stereocenters. The van der Waals surface area contributed by atoms with Crippen molar-refractivity contribution < 1.29 is 4.74 Å². The molecule has 2 N–H and O–H groups in total. The van der Waals surface area contributed by atoms with E-state index < -0.39 is 0 Å². The summed E-state index contributed by atoms with van der Waals surface area (Å²) in [6, 6.07) is 0. The van der Waals surface area contributed by atoms with Gasteiger partial charge in [-0.25, -0.2) is 0 Å². The summed E-state index contributed by atoms with van der Waals surface area (Å²) in [4.78, 5) is 2.37. The molecule has 0 aromatic carbocycles. The average molecular weight is 188 g/mol. The zero-order valence-corrected chi connectivity index (χ0v) is 9.47. The summed E-state index contributed by atoms with van der Waals surface area (Å²) < 4.78 is 5.05. The minimum atomic E-state index is 0.212. The fraction of sp³-hybridized carbons (Fsp3) is 1.00. The molecule has 13 heavy (non-hydrogen) atoms. The fourth-order valence-corrected chi connectivity index (χ4v) is 1.24. The first-order chi connectivity index (χ1) is 6.05. The standard InChI is InChI=1S/C10H24N2O/c1-5-12(6-7-13-4)9-10(2,3)8-11/h5-9,11H2,1-4H3. The summed E-state index contributed by atoms with van der Waals surface area (Å²) >= 11 is 0. The van der Waals surface area contributed by atoms with Crippen LogP contribution in [0.15, 0.2) is 0 Å². The highest BCUT2D eigenvalue weighted by Crippen LogP contribution is 2.14. The molecule has 0 aliphatic rings. The number of hydrogen-bond donors (Lipinski definition) is 1. The highest BCUT2D eigenvalue weighted by Gasteiger charge is 2.18. The molecule has 0 fully saturated rings. The average Bonchev–Trinajstić information content (AvgIpc) is 2.12. The van der Waals surface area contributed by atoms with Gasteiger partial charge in [0.05, 0.1) is 6.61 Å². The molecule has 0 saturated carbocycles. The molecule has 0 rings (SSSR count). The van der Waals surface area contributed by atoms with E-state index in [2.05, 4.69) is 25.7 Å². The molecule has 80 valence electrons. The molecule has 0 aliphatic carbocycles. The van der Waals surface area contributed by atoms with Crippen LogP contribution in [-0.4, -0.2) is 44.8 Å². The van der Waals surface area contributed by atoms with Gasteiger partial charge in [-0.1, -0.05) is 20.8 Å². The van der Waals surface area contributed by atoms with Gasteiger partial charge in [-0.15, -0.1) is 0 Å². The van der Waals surface area contributed by atoms with Crippen molar-refractivity contribution in [3.63, 3.8) is 0 Å². The first kappa shape index (κ1) is 12.9. The third-order valence-corrected chi connectivity index (χ3v) is 2.26. The number of methoxy groups -OCH3 is 1. The second-order valence-corrected chi connectivity index (χ2v) is 4.23. The van der Waals surface area contributed by atoms with E-state index in [1.165, 1.54) is 0 Å². The van der Waals surface area contributed by atoms with Crippen molar-refractivity contribution in [3.8, 4) is 0 Å². The van der Waals surface area contributed by atoms with Crippen molar-refractivity contribution in [2.45, 2.75) is 20.8 Å². The number of hydrogen-bond acceptors (Lipinski definition) is 3. The van der Waals surface area contributed by atoms with Crippen LogP contribution in [-0.2, 0) is 4.74 Å². The third-order valence-electron chi connectivity index (χ3n) is 2.26. The summed E-state index contributed by atoms with van der Waals surface area (Å²) in [5.74, 6) is 0. The van der Waals surface area contributed by atoms with Gasteiger partial charge < -0.3 is 15.4 Å². The Morgan fingerprint density at radius 2 is 2.00 bits per heavy atom. The first-order valence-corrected chi connectivity index (χ1v) is 4.97. The maximum absolute atomic E-state index is 5.68. The van der Waals surface area contributed by atoms with Crippen LogP contribution in [0.3, 0.4) is 0 Å². The van der Waals surface area contributed by atoms with E-state index in [1.807, 2.05) is 0 Å². The van der Waals surface area contributed by atoms with E-state index in [1.54, 1.807) is 7.11 Å². The lowest BCUT2D eigenvalue weighted by atomic mass is 9.93. The van der Waals surface area contributed by atoms with Gasteiger partial charge in [-0.05, 0) is 18.5 Å². The smallest absolute Gasteiger partial charge is 0.0589 e. The number of nitrogens with two attached hydrogens (primary N) is 1. The van der Waals surface area contributed by atoms with E-state index in [0.29, 0.717) is 0 Å². The second-order valence-electron chi connectivity index (χ2n) is 4.23. The Morgan fingerprint density at radius 1 is 1.38 bits per heavy atom. The molecule has 0 saturated heterocycles. The lowest BCUT2D eigenvalue weighted by molar-refractivity contribution is 0.124. The summed E-state index contributed by atoms with van der Waals surface area (Å²) in [6.45, 7) is 11.2. The van der Waals surface area contributed by atoms with Crippen molar-refractivity contribution in [1.29, 1.82) is 0 Å². The SMILES string of the molecule is CCN(CCOC)CC(C)(C)CN. The van der Waals surface area contributed by atoms with Crippen LogP contribution in [0.4, 0.5) is 0 Å². The largest absolute Gasteiger partial charge is 0.383 e. The van der Waals surface area contributed by atoms with Crippen LogP contribution in [0, 0.1) is 5.41 Å². The molecule has 0 unspecified atom stereocenters. The molecule has 0 radical (unpaired) electrons. The molecular weight excluding hydrogens is 164 g/mol. The Kier molecular flexibility index (Phi) is 6.29. The summed E-state index contributed by atoms with van der Waals surface area (Å²) in [5.41, 5.74) is 5.89.